The molecular formula is C32H51N3O7. The molecule has 0 radical (unpaired) electrons. The van der Waals surface area contributed by atoms with Crippen LogP contribution in [-0.2, 0) is 19.0 Å². The van der Waals surface area contributed by atoms with E-state index >= 15 is 0 Å². The SMILES string of the molecule is CCOCC1(C)Oc2cc(C)c(C(=O)N(C(C)C)[C@@H]3CCCN(C(=O)OC(C)(C)C)C3)cc2N(CCCCOC)C1=O. The Morgan fingerprint density at radius 2 is 1.93 bits per heavy atom. The van der Waals surface area contributed by atoms with E-state index in [1.165, 1.54) is 0 Å². The van der Waals surface area contributed by atoms with Gasteiger partial charge in [0, 0.05) is 51.6 Å². The molecule has 1 fully saturated rings. The second kappa shape index (κ2) is 14.1. The summed E-state index contributed by atoms with van der Waals surface area (Å²) in [5, 5.41) is 0. The summed E-state index contributed by atoms with van der Waals surface area (Å²) in [6.45, 7) is 17.7. The molecule has 0 N–H and O–H groups in total. The molecule has 10 nitrogen and oxygen atoms in total. The topological polar surface area (TPSA) is 97.8 Å². The van der Waals surface area contributed by atoms with E-state index in [9.17, 15) is 14.4 Å². The summed E-state index contributed by atoms with van der Waals surface area (Å²) < 4.78 is 22.7. The molecule has 1 unspecified atom stereocenters. The first-order chi connectivity index (χ1) is 19.7. The van der Waals surface area contributed by atoms with E-state index in [1.54, 1.807) is 29.9 Å². The average molecular weight is 590 g/mol. The third-order valence-corrected chi connectivity index (χ3v) is 7.65. The van der Waals surface area contributed by atoms with Crippen LogP contribution in [-0.4, -0.2) is 97.6 Å². The Labute approximate surface area is 251 Å². The highest BCUT2D eigenvalue weighted by Gasteiger charge is 2.45. The Kier molecular flexibility index (Phi) is 11.3. The third-order valence-electron chi connectivity index (χ3n) is 7.65. The van der Waals surface area contributed by atoms with Gasteiger partial charge in [-0.15, -0.1) is 0 Å². The van der Waals surface area contributed by atoms with Crippen LogP contribution in [0.1, 0.15) is 90.1 Å². The number of benzene rings is 1. The number of fused-ring (bicyclic) bond motifs is 1. The summed E-state index contributed by atoms with van der Waals surface area (Å²) >= 11 is 0. The van der Waals surface area contributed by atoms with Gasteiger partial charge >= 0.3 is 6.09 Å². The second-order valence-corrected chi connectivity index (χ2v) is 12.8. The van der Waals surface area contributed by atoms with E-state index in [1.807, 2.05) is 59.4 Å². The monoisotopic (exact) mass is 589 g/mol. The number of carbonyl (C=O) groups is 3. The Bertz CT molecular complexity index is 1120. The Balaban J connectivity index is 1.94. The molecule has 2 aliphatic heterocycles. The number of piperidine rings is 1. The van der Waals surface area contributed by atoms with Gasteiger partial charge in [0.25, 0.3) is 11.8 Å². The van der Waals surface area contributed by atoms with Crippen LogP contribution in [0.4, 0.5) is 10.5 Å². The van der Waals surface area contributed by atoms with Crippen LogP contribution < -0.4 is 9.64 Å². The summed E-state index contributed by atoms with van der Waals surface area (Å²) in [4.78, 5) is 46.2. The molecule has 2 atom stereocenters. The number of amides is 3. The van der Waals surface area contributed by atoms with Crippen molar-refractivity contribution in [1.29, 1.82) is 0 Å². The molecular weight excluding hydrogens is 538 g/mol. The minimum atomic E-state index is -1.17. The van der Waals surface area contributed by atoms with Crippen molar-refractivity contribution in [2.24, 2.45) is 0 Å². The number of aryl methyl sites for hydroxylation is 1. The van der Waals surface area contributed by atoms with Crippen LogP contribution in [0.3, 0.4) is 0 Å². The van der Waals surface area contributed by atoms with Gasteiger partial charge in [-0.05, 0) is 98.8 Å². The van der Waals surface area contributed by atoms with Gasteiger partial charge in [0.05, 0.1) is 18.3 Å². The van der Waals surface area contributed by atoms with Gasteiger partial charge in [-0.2, -0.15) is 0 Å². The van der Waals surface area contributed by atoms with Crippen molar-refractivity contribution in [3.05, 3.63) is 23.3 Å². The number of carbonyl (C=O) groups excluding carboxylic acids is 3. The van der Waals surface area contributed by atoms with Crippen LogP contribution in [0.5, 0.6) is 5.75 Å². The van der Waals surface area contributed by atoms with Crippen LogP contribution >= 0.6 is 0 Å². The summed E-state index contributed by atoms with van der Waals surface area (Å²) in [5.74, 6) is 0.238. The number of hydrogen-bond acceptors (Lipinski definition) is 7. The molecule has 0 aliphatic carbocycles. The van der Waals surface area contributed by atoms with Gasteiger partial charge < -0.3 is 33.6 Å². The van der Waals surface area contributed by atoms with Crippen molar-refractivity contribution in [3.8, 4) is 5.75 Å². The van der Waals surface area contributed by atoms with E-state index in [0.29, 0.717) is 49.8 Å². The fraction of sp³-hybridized carbons (Fsp3) is 0.719. The summed E-state index contributed by atoms with van der Waals surface area (Å²) in [7, 11) is 1.66. The van der Waals surface area contributed by atoms with Crippen molar-refractivity contribution in [2.75, 3.05) is 51.5 Å². The van der Waals surface area contributed by atoms with Crippen molar-refractivity contribution in [2.45, 2.75) is 104 Å². The van der Waals surface area contributed by atoms with Crippen molar-refractivity contribution in [1.82, 2.24) is 9.80 Å². The molecule has 2 aliphatic rings. The first-order valence-electron chi connectivity index (χ1n) is 15.2. The number of anilines is 1. The molecule has 1 saturated heterocycles. The van der Waals surface area contributed by atoms with Crippen molar-refractivity contribution >= 4 is 23.6 Å². The third kappa shape index (κ3) is 7.95. The summed E-state index contributed by atoms with van der Waals surface area (Å²) in [6.07, 6.45) is 2.74. The summed E-state index contributed by atoms with van der Waals surface area (Å²) in [5.41, 5.74) is 0.105. The maximum Gasteiger partial charge on any atom is 0.410 e. The second-order valence-electron chi connectivity index (χ2n) is 12.8. The Morgan fingerprint density at radius 1 is 1.21 bits per heavy atom. The van der Waals surface area contributed by atoms with Gasteiger partial charge in [-0.1, -0.05) is 0 Å². The Morgan fingerprint density at radius 3 is 2.55 bits per heavy atom. The van der Waals surface area contributed by atoms with Gasteiger partial charge in [0.2, 0.25) is 5.60 Å². The van der Waals surface area contributed by atoms with Crippen LogP contribution in [0.15, 0.2) is 12.1 Å². The molecule has 3 amide bonds. The highest BCUT2D eigenvalue weighted by atomic mass is 16.6. The highest BCUT2D eigenvalue weighted by Crippen LogP contribution is 2.41. The molecule has 236 valence electrons. The standard InChI is InChI=1S/C32H51N3O7/c1-10-40-21-32(8)29(37)34(16-11-12-17-39-9)26-19-25(23(4)18-27(26)41-32)28(36)35(22(2)3)24-14-13-15-33(20-24)30(38)42-31(5,6)7/h18-19,22,24H,10-17,20-21H2,1-9H3/t24-,32?/m1/s1. The van der Waals surface area contributed by atoms with Crippen LogP contribution in [0.2, 0.25) is 0 Å². The van der Waals surface area contributed by atoms with Crippen LogP contribution in [0.25, 0.3) is 0 Å². The zero-order valence-electron chi connectivity index (χ0n) is 27.1. The molecule has 2 heterocycles. The molecule has 1 aromatic rings. The zero-order valence-corrected chi connectivity index (χ0v) is 27.1. The van der Waals surface area contributed by atoms with Gasteiger partial charge in [0.1, 0.15) is 11.4 Å². The van der Waals surface area contributed by atoms with Gasteiger partial charge in [-0.3, -0.25) is 9.59 Å². The number of methoxy groups -OCH3 is 1. The number of ether oxygens (including phenoxy) is 4. The number of hydrogen-bond donors (Lipinski definition) is 0. The minimum absolute atomic E-state index is 0.103. The van der Waals surface area contributed by atoms with E-state index in [0.717, 1.165) is 31.2 Å². The number of nitrogens with zero attached hydrogens (tertiary/aromatic N) is 3. The first-order valence-corrected chi connectivity index (χ1v) is 15.2. The lowest BCUT2D eigenvalue weighted by atomic mass is 9.96. The zero-order chi connectivity index (χ0) is 31.2. The predicted octanol–water partition coefficient (Wildman–Crippen LogP) is 5.19. The molecule has 3 rings (SSSR count). The minimum Gasteiger partial charge on any atom is -0.473 e. The van der Waals surface area contributed by atoms with E-state index < -0.39 is 11.2 Å². The molecule has 0 spiro atoms. The molecule has 0 bridgehead atoms. The lowest BCUT2D eigenvalue weighted by Crippen LogP contribution is -2.57. The molecule has 0 saturated carbocycles. The normalized spacial score (nSPS) is 20.8. The van der Waals surface area contributed by atoms with Crippen molar-refractivity contribution in [3.63, 3.8) is 0 Å². The predicted molar refractivity (Wildman–Crippen MR) is 162 cm³/mol. The molecule has 42 heavy (non-hydrogen) atoms. The lowest BCUT2D eigenvalue weighted by molar-refractivity contribution is -0.139. The molecule has 10 heteroatoms. The van der Waals surface area contributed by atoms with E-state index in [-0.39, 0.29) is 36.6 Å². The van der Waals surface area contributed by atoms with Crippen molar-refractivity contribution < 1.29 is 33.3 Å². The fourth-order valence-electron chi connectivity index (χ4n) is 5.64. The lowest BCUT2D eigenvalue weighted by Gasteiger charge is -2.43. The van der Waals surface area contributed by atoms with E-state index in [2.05, 4.69) is 0 Å². The summed E-state index contributed by atoms with van der Waals surface area (Å²) in [6, 6.07) is 3.39. The number of unbranched alkanes of at least 4 members (excludes halogenated alkanes) is 1. The van der Waals surface area contributed by atoms with E-state index in [4.69, 9.17) is 18.9 Å². The quantitative estimate of drug-likeness (QED) is 0.328. The average Bonchev–Trinajstić information content (AvgIpc) is 2.91. The largest absolute Gasteiger partial charge is 0.473 e. The first kappa shape index (κ1) is 33.6. The van der Waals surface area contributed by atoms with Gasteiger partial charge in [-0.25, -0.2) is 4.79 Å². The Hall–Kier alpha value is -2.85. The fourth-order valence-corrected chi connectivity index (χ4v) is 5.64. The maximum atomic E-state index is 14.3. The smallest absolute Gasteiger partial charge is 0.410 e. The number of rotatable bonds is 11. The highest BCUT2D eigenvalue weighted by molar-refractivity contribution is 6.05. The van der Waals surface area contributed by atoms with Gasteiger partial charge in [0.15, 0.2) is 0 Å². The maximum absolute atomic E-state index is 14.3. The molecule has 0 aromatic heterocycles. The number of likely N-dealkylation sites (tertiary alicyclic amines) is 1. The molecule has 1 aromatic carbocycles. The van der Waals surface area contributed by atoms with Crippen LogP contribution in [0, 0.1) is 6.92 Å².